The number of halogens is 1. The molecule has 0 bridgehead atoms. The Morgan fingerprint density at radius 1 is 0.968 bits per heavy atom. The van der Waals surface area contributed by atoms with Crippen LogP contribution in [0.4, 0.5) is 4.39 Å². The number of hydrogen-bond donors (Lipinski definition) is 1. The molecule has 1 heterocycles. The van der Waals surface area contributed by atoms with Gasteiger partial charge in [0.15, 0.2) is 0 Å². The van der Waals surface area contributed by atoms with Gasteiger partial charge in [0, 0.05) is 36.6 Å². The first-order chi connectivity index (χ1) is 15.1. The molecule has 0 aliphatic rings. The molecule has 0 spiro atoms. The van der Waals surface area contributed by atoms with Gasteiger partial charge in [-0.3, -0.25) is 4.79 Å². The van der Waals surface area contributed by atoms with Crippen molar-refractivity contribution < 1.29 is 13.9 Å². The highest BCUT2D eigenvalue weighted by molar-refractivity contribution is 5.85. The van der Waals surface area contributed by atoms with E-state index >= 15 is 0 Å². The van der Waals surface area contributed by atoms with Crippen LogP contribution in [0.5, 0.6) is 5.75 Å². The maximum atomic E-state index is 13.2. The molecule has 0 atom stereocenters. The Morgan fingerprint density at radius 3 is 2.42 bits per heavy atom. The Kier molecular flexibility index (Phi) is 6.32. The Labute approximate surface area is 181 Å². The number of hydrogen-bond acceptors (Lipinski definition) is 2. The lowest BCUT2D eigenvalue weighted by Gasteiger charge is -2.06. The number of nitrogens with one attached hydrogen (secondary N) is 1. The fourth-order valence-electron chi connectivity index (χ4n) is 3.72. The molecule has 4 aromatic rings. The zero-order valence-corrected chi connectivity index (χ0v) is 17.5. The van der Waals surface area contributed by atoms with Crippen molar-refractivity contribution in [2.45, 2.75) is 25.9 Å². The summed E-state index contributed by atoms with van der Waals surface area (Å²) >= 11 is 0. The minimum atomic E-state index is -0.234. The molecular formula is C26H25FN2O2. The number of aryl methyl sites for hydroxylation is 1. The topological polar surface area (TPSA) is 43.3 Å². The van der Waals surface area contributed by atoms with Crippen molar-refractivity contribution in [2.75, 3.05) is 7.11 Å². The number of nitrogens with zero attached hydrogens (tertiary/aromatic N) is 1. The van der Waals surface area contributed by atoms with Crippen LogP contribution in [0, 0.1) is 5.82 Å². The third kappa shape index (κ3) is 5.12. The van der Waals surface area contributed by atoms with E-state index in [0.717, 1.165) is 33.3 Å². The molecule has 1 amide bonds. The standard InChI is InChI=1S/C26H25FN2O2/c1-31-23-13-8-19(9-14-23)16-28-26(30)15-10-21-18-29(25-5-3-2-4-24(21)25)17-20-6-11-22(27)12-7-20/h2-9,11-14,18H,10,15-17H2,1H3,(H,28,30). The maximum absolute atomic E-state index is 13.2. The average molecular weight is 416 g/mol. The van der Waals surface area contributed by atoms with Gasteiger partial charge < -0.3 is 14.6 Å². The number of para-hydroxylation sites is 1. The van der Waals surface area contributed by atoms with Crippen LogP contribution in [0.25, 0.3) is 10.9 Å². The molecule has 1 aromatic heterocycles. The molecule has 158 valence electrons. The summed E-state index contributed by atoms with van der Waals surface area (Å²) in [4.78, 5) is 12.4. The Hall–Kier alpha value is -3.60. The minimum Gasteiger partial charge on any atom is -0.497 e. The molecule has 3 aromatic carbocycles. The van der Waals surface area contributed by atoms with Gasteiger partial charge in [-0.25, -0.2) is 4.39 Å². The second kappa shape index (κ2) is 9.47. The summed E-state index contributed by atoms with van der Waals surface area (Å²) in [5.41, 5.74) is 4.31. The molecule has 0 unspecified atom stereocenters. The molecule has 0 radical (unpaired) electrons. The summed E-state index contributed by atoms with van der Waals surface area (Å²) < 4.78 is 20.5. The SMILES string of the molecule is COc1ccc(CNC(=O)CCc2cn(Cc3ccc(F)cc3)c3ccccc23)cc1. The highest BCUT2D eigenvalue weighted by atomic mass is 19.1. The van der Waals surface area contributed by atoms with E-state index in [1.54, 1.807) is 19.2 Å². The summed E-state index contributed by atoms with van der Waals surface area (Å²) in [5.74, 6) is 0.584. The summed E-state index contributed by atoms with van der Waals surface area (Å²) in [7, 11) is 1.63. The normalized spacial score (nSPS) is 10.9. The lowest BCUT2D eigenvalue weighted by Crippen LogP contribution is -2.22. The van der Waals surface area contributed by atoms with Gasteiger partial charge in [-0.2, -0.15) is 0 Å². The predicted molar refractivity (Wildman–Crippen MR) is 121 cm³/mol. The molecule has 5 heteroatoms. The van der Waals surface area contributed by atoms with Crippen LogP contribution in [0.3, 0.4) is 0 Å². The fraction of sp³-hybridized carbons (Fsp3) is 0.192. The average Bonchev–Trinajstić information content (AvgIpc) is 3.15. The van der Waals surface area contributed by atoms with Crippen molar-refractivity contribution in [3.8, 4) is 5.75 Å². The van der Waals surface area contributed by atoms with E-state index < -0.39 is 0 Å². The van der Waals surface area contributed by atoms with E-state index in [-0.39, 0.29) is 11.7 Å². The quantitative estimate of drug-likeness (QED) is 0.435. The smallest absolute Gasteiger partial charge is 0.220 e. The van der Waals surface area contributed by atoms with E-state index in [1.807, 2.05) is 36.4 Å². The fourth-order valence-corrected chi connectivity index (χ4v) is 3.72. The van der Waals surface area contributed by atoms with E-state index in [2.05, 4.69) is 28.2 Å². The molecule has 0 fully saturated rings. The van der Waals surface area contributed by atoms with Crippen molar-refractivity contribution in [1.82, 2.24) is 9.88 Å². The van der Waals surface area contributed by atoms with Crippen molar-refractivity contribution >= 4 is 16.8 Å². The van der Waals surface area contributed by atoms with Gasteiger partial charge in [-0.1, -0.05) is 42.5 Å². The van der Waals surface area contributed by atoms with Crippen molar-refractivity contribution in [3.05, 3.63) is 102 Å². The number of carbonyl (C=O) groups is 1. The minimum absolute atomic E-state index is 0.0196. The summed E-state index contributed by atoms with van der Waals surface area (Å²) in [5, 5.41) is 4.13. The van der Waals surface area contributed by atoms with E-state index in [0.29, 0.717) is 25.9 Å². The number of carbonyl (C=O) groups excluding carboxylic acids is 1. The Balaban J connectivity index is 1.40. The van der Waals surface area contributed by atoms with Gasteiger partial charge in [0.2, 0.25) is 5.91 Å². The third-order valence-corrected chi connectivity index (χ3v) is 5.41. The van der Waals surface area contributed by atoms with Gasteiger partial charge >= 0.3 is 0 Å². The monoisotopic (exact) mass is 416 g/mol. The van der Waals surface area contributed by atoms with Crippen LogP contribution in [-0.4, -0.2) is 17.6 Å². The Bertz CT molecular complexity index is 1160. The van der Waals surface area contributed by atoms with Gasteiger partial charge in [0.25, 0.3) is 0 Å². The van der Waals surface area contributed by atoms with Gasteiger partial charge in [-0.15, -0.1) is 0 Å². The molecule has 1 N–H and O–H groups in total. The zero-order valence-electron chi connectivity index (χ0n) is 17.5. The largest absolute Gasteiger partial charge is 0.497 e. The summed E-state index contributed by atoms with van der Waals surface area (Å²) in [6.45, 7) is 1.15. The lowest BCUT2D eigenvalue weighted by atomic mass is 10.1. The molecule has 0 saturated carbocycles. The second-order valence-electron chi connectivity index (χ2n) is 7.55. The predicted octanol–water partition coefficient (Wildman–Crippen LogP) is 5.09. The van der Waals surface area contributed by atoms with Crippen molar-refractivity contribution in [1.29, 1.82) is 0 Å². The van der Waals surface area contributed by atoms with Crippen LogP contribution in [-0.2, 0) is 24.3 Å². The van der Waals surface area contributed by atoms with Crippen LogP contribution < -0.4 is 10.1 Å². The van der Waals surface area contributed by atoms with Crippen molar-refractivity contribution in [3.63, 3.8) is 0 Å². The number of fused-ring (bicyclic) bond motifs is 1. The number of benzene rings is 3. The third-order valence-electron chi connectivity index (χ3n) is 5.41. The second-order valence-corrected chi connectivity index (χ2v) is 7.55. The number of aromatic nitrogens is 1. The first-order valence-electron chi connectivity index (χ1n) is 10.3. The summed E-state index contributed by atoms with van der Waals surface area (Å²) in [6, 6.07) is 22.4. The number of ether oxygens (including phenoxy) is 1. The molecule has 4 nitrogen and oxygen atoms in total. The first kappa shape index (κ1) is 20.7. The number of methoxy groups -OCH3 is 1. The number of rotatable bonds is 8. The van der Waals surface area contributed by atoms with Crippen molar-refractivity contribution in [2.24, 2.45) is 0 Å². The van der Waals surface area contributed by atoms with Crippen LogP contribution in [0.15, 0.2) is 79.0 Å². The van der Waals surface area contributed by atoms with Gasteiger partial charge in [-0.05, 0) is 53.4 Å². The van der Waals surface area contributed by atoms with E-state index in [4.69, 9.17) is 4.74 Å². The highest BCUT2D eigenvalue weighted by Gasteiger charge is 2.11. The first-order valence-corrected chi connectivity index (χ1v) is 10.3. The number of amides is 1. The molecular weight excluding hydrogens is 391 g/mol. The molecule has 0 aliphatic carbocycles. The van der Waals surface area contributed by atoms with Gasteiger partial charge in [0.05, 0.1) is 7.11 Å². The van der Waals surface area contributed by atoms with E-state index in [9.17, 15) is 9.18 Å². The van der Waals surface area contributed by atoms with E-state index in [1.165, 1.54) is 12.1 Å². The molecule has 0 aliphatic heterocycles. The van der Waals surface area contributed by atoms with Crippen LogP contribution in [0.1, 0.15) is 23.1 Å². The molecule has 4 rings (SSSR count). The molecule has 31 heavy (non-hydrogen) atoms. The Morgan fingerprint density at radius 2 is 1.68 bits per heavy atom. The molecule has 0 saturated heterocycles. The van der Waals surface area contributed by atoms with Crippen LogP contribution in [0.2, 0.25) is 0 Å². The van der Waals surface area contributed by atoms with Gasteiger partial charge in [0.1, 0.15) is 11.6 Å². The zero-order chi connectivity index (χ0) is 21.6. The van der Waals surface area contributed by atoms with Crippen LogP contribution >= 0.6 is 0 Å². The maximum Gasteiger partial charge on any atom is 0.220 e. The highest BCUT2D eigenvalue weighted by Crippen LogP contribution is 2.24. The summed E-state index contributed by atoms with van der Waals surface area (Å²) in [6.07, 6.45) is 3.18. The lowest BCUT2D eigenvalue weighted by molar-refractivity contribution is -0.121.